The van der Waals surface area contributed by atoms with E-state index in [2.05, 4.69) is 5.29 Å². The van der Waals surface area contributed by atoms with E-state index in [1.54, 1.807) is 0 Å². The molecule has 1 heterocycles. The Kier molecular flexibility index (Phi) is 3.28. The first-order chi connectivity index (χ1) is 6.81. The van der Waals surface area contributed by atoms with Gasteiger partial charge in [0.15, 0.2) is 6.04 Å². The lowest BCUT2D eigenvalue weighted by Gasteiger charge is -2.26. The summed E-state index contributed by atoms with van der Waals surface area (Å²) in [5, 5.41) is 13.0. The van der Waals surface area contributed by atoms with Crippen LogP contribution < -0.4 is 0 Å². The molecule has 0 spiro atoms. The molecule has 1 fully saturated rings. The highest BCUT2D eigenvalue weighted by molar-refractivity contribution is 8.01. The Morgan fingerprint density at radius 1 is 1.53 bits per heavy atom. The predicted molar refractivity (Wildman–Crippen MR) is 59.4 cm³/mol. The lowest BCUT2D eigenvalue weighted by Crippen LogP contribution is -2.45. The predicted octanol–water partition coefficient (Wildman–Crippen LogP) is 1.93. The molecule has 1 aliphatic rings. The molecule has 2 unspecified atom stereocenters. The average molecular weight is 232 g/mol. The average Bonchev–Trinajstić information content (AvgIpc) is 2.36. The molecule has 86 valence electrons. The third kappa shape index (κ3) is 2.09. The second-order valence-corrected chi connectivity index (χ2v) is 6.26. The van der Waals surface area contributed by atoms with Crippen LogP contribution in [-0.4, -0.2) is 32.2 Å². The molecule has 1 saturated heterocycles. The van der Waals surface area contributed by atoms with Crippen molar-refractivity contribution in [2.24, 2.45) is 11.2 Å². The zero-order valence-electron chi connectivity index (χ0n) is 9.30. The van der Waals surface area contributed by atoms with Crippen LogP contribution in [0.4, 0.5) is 0 Å². The molecule has 0 aromatic rings. The minimum absolute atomic E-state index is 0.102. The third-order valence-corrected chi connectivity index (χ3v) is 4.39. The van der Waals surface area contributed by atoms with Gasteiger partial charge in [0, 0.05) is 5.25 Å². The lowest BCUT2D eigenvalue weighted by molar-refractivity contribution is -0.144. The van der Waals surface area contributed by atoms with Gasteiger partial charge in [-0.3, -0.25) is 0 Å². The van der Waals surface area contributed by atoms with Gasteiger partial charge in [0.1, 0.15) is 4.87 Å². The summed E-state index contributed by atoms with van der Waals surface area (Å²) >= 11 is 1.50. The molecule has 0 aromatic heterocycles. The van der Waals surface area contributed by atoms with Crippen molar-refractivity contribution in [3.63, 3.8) is 0 Å². The topological polar surface area (TPSA) is 70.0 Å². The second kappa shape index (κ2) is 4.00. The van der Waals surface area contributed by atoms with Gasteiger partial charge in [0.2, 0.25) is 0 Å². The maximum absolute atomic E-state index is 11.1. The minimum Gasteiger partial charge on any atom is -0.480 e. The number of thioether (sulfide) groups is 1. The highest BCUT2D eigenvalue weighted by Gasteiger charge is 2.52. The van der Waals surface area contributed by atoms with Crippen molar-refractivity contribution in [2.75, 3.05) is 0 Å². The molecular formula is C9H16N2O3S. The fourth-order valence-corrected chi connectivity index (χ4v) is 3.37. The first-order valence-corrected chi connectivity index (χ1v) is 5.72. The van der Waals surface area contributed by atoms with Crippen LogP contribution in [-0.2, 0) is 4.79 Å². The number of carboxylic acid groups (broad SMARTS) is 1. The maximum atomic E-state index is 11.1. The van der Waals surface area contributed by atoms with Crippen LogP contribution in [0.5, 0.6) is 0 Å². The van der Waals surface area contributed by atoms with E-state index in [9.17, 15) is 9.70 Å². The minimum atomic E-state index is -0.980. The van der Waals surface area contributed by atoms with E-state index < -0.39 is 16.9 Å². The maximum Gasteiger partial charge on any atom is 0.329 e. The second-order valence-electron chi connectivity index (χ2n) is 4.48. The van der Waals surface area contributed by atoms with E-state index in [0.29, 0.717) is 0 Å². The van der Waals surface area contributed by atoms with Crippen molar-refractivity contribution >= 4 is 17.7 Å². The quantitative estimate of drug-likeness (QED) is 0.753. The SMILES string of the molecule is CC(C)C1SC(C)(C)N(N=O)C1C(=O)O. The van der Waals surface area contributed by atoms with Crippen LogP contribution in [0.15, 0.2) is 5.29 Å². The van der Waals surface area contributed by atoms with E-state index in [0.717, 1.165) is 5.01 Å². The summed E-state index contributed by atoms with van der Waals surface area (Å²) in [6.07, 6.45) is 0. The van der Waals surface area contributed by atoms with Gasteiger partial charge in [-0.15, -0.1) is 16.7 Å². The van der Waals surface area contributed by atoms with Gasteiger partial charge >= 0.3 is 5.97 Å². The molecule has 0 aromatic carbocycles. The fourth-order valence-electron chi connectivity index (χ4n) is 1.82. The zero-order valence-corrected chi connectivity index (χ0v) is 10.1. The monoisotopic (exact) mass is 232 g/mol. The normalized spacial score (nSPS) is 29.5. The van der Waals surface area contributed by atoms with E-state index in [1.165, 1.54) is 11.8 Å². The number of nitroso groups, excluding NO2 is 1. The van der Waals surface area contributed by atoms with Crippen molar-refractivity contribution in [3.05, 3.63) is 4.91 Å². The van der Waals surface area contributed by atoms with E-state index in [-0.39, 0.29) is 11.2 Å². The Balaban J connectivity index is 3.04. The smallest absolute Gasteiger partial charge is 0.329 e. The van der Waals surface area contributed by atoms with E-state index in [1.807, 2.05) is 27.7 Å². The largest absolute Gasteiger partial charge is 0.480 e. The molecule has 0 amide bonds. The molecule has 1 N–H and O–H groups in total. The van der Waals surface area contributed by atoms with E-state index in [4.69, 9.17) is 5.11 Å². The molecule has 0 bridgehead atoms. The van der Waals surface area contributed by atoms with E-state index >= 15 is 0 Å². The van der Waals surface area contributed by atoms with Crippen molar-refractivity contribution in [3.8, 4) is 0 Å². The molecule has 1 rings (SSSR count). The molecule has 15 heavy (non-hydrogen) atoms. The van der Waals surface area contributed by atoms with Gasteiger partial charge < -0.3 is 5.11 Å². The number of aliphatic carboxylic acids is 1. The van der Waals surface area contributed by atoms with Gasteiger partial charge in [0.05, 0.1) is 5.29 Å². The standard InChI is InChI=1S/C9H16N2O3S/c1-5(2)7-6(8(12)13)11(10-14)9(3,4)15-7/h5-7H,1-4H3,(H,12,13). The Hall–Kier alpha value is -0.780. The Morgan fingerprint density at radius 3 is 2.40 bits per heavy atom. The molecule has 6 heteroatoms. The molecule has 0 radical (unpaired) electrons. The molecule has 5 nitrogen and oxygen atoms in total. The zero-order chi connectivity index (χ0) is 11.8. The number of hydrogen-bond acceptors (Lipinski definition) is 4. The number of carboxylic acids is 1. The summed E-state index contributed by atoms with van der Waals surface area (Å²) in [4.78, 5) is 21.3. The molecule has 2 atom stereocenters. The van der Waals surface area contributed by atoms with Crippen molar-refractivity contribution in [1.29, 1.82) is 0 Å². The Morgan fingerprint density at radius 2 is 2.07 bits per heavy atom. The summed E-state index contributed by atoms with van der Waals surface area (Å²) in [6.45, 7) is 7.55. The summed E-state index contributed by atoms with van der Waals surface area (Å²) in [5.41, 5.74) is 0. The lowest BCUT2D eigenvalue weighted by atomic mass is 10.0. The van der Waals surface area contributed by atoms with Crippen LogP contribution in [0.2, 0.25) is 0 Å². The Labute approximate surface area is 93.2 Å². The molecule has 1 aliphatic heterocycles. The Bertz CT molecular complexity index is 281. The number of carbonyl (C=O) groups is 1. The van der Waals surface area contributed by atoms with Crippen LogP contribution in [0.1, 0.15) is 27.7 Å². The third-order valence-electron chi connectivity index (χ3n) is 2.55. The highest BCUT2D eigenvalue weighted by atomic mass is 32.2. The highest BCUT2D eigenvalue weighted by Crippen LogP contribution is 2.46. The molecular weight excluding hydrogens is 216 g/mol. The summed E-state index contributed by atoms with van der Waals surface area (Å²) < 4.78 is 0. The van der Waals surface area contributed by atoms with Gasteiger partial charge in [-0.1, -0.05) is 13.8 Å². The molecule has 0 saturated carbocycles. The van der Waals surface area contributed by atoms with Crippen LogP contribution in [0.25, 0.3) is 0 Å². The van der Waals surface area contributed by atoms with Crippen molar-refractivity contribution < 1.29 is 9.90 Å². The van der Waals surface area contributed by atoms with Gasteiger partial charge in [-0.2, -0.15) is 0 Å². The van der Waals surface area contributed by atoms with Crippen molar-refractivity contribution in [1.82, 2.24) is 5.01 Å². The summed E-state index contributed by atoms with van der Waals surface area (Å²) in [6, 6.07) is -0.817. The molecule has 0 aliphatic carbocycles. The number of hydrogen-bond donors (Lipinski definition) is 1. The van der Waals surface area contributed by atoms with Gasteiger partial charge in [-0.25, -0.2) is 9.80 Å². The fraction of sp³-hybridized carbons (Fsp3) is 0.889. The van der Waals surface area contributed by atoms with Crippen LogP contribution in [0.3, 0.4) is 0 Å². The van der Waals surface area contributed by atoms with Crippen LogP contribution in [0, 0.1) is 10.8 Å². The van der Waals surface area contributed by atoms with Gasteiger partial charge in [-0.05, 0) is 19.8 Å². The first-order valence-electron chi connectivity index (χ1n) is 4.84. The van der Waals surface area contributed by atoms with Crippen LogP contribution >= 0.6 is 11.8 Å². The van der Waals surface area contributed by atoms with Gasteiger partial charge in [0.25, 0.3) is 0 Å². The number of nitrogens with zero attached hydrogens (tertiary/aromatic N) is 2. The van der Waals surface area contributed by atoms with Crippen molar-refractivity contribution in [2.45, 2.75) is 43.9 Å². The first kappa shape index (κ1) is 12.3. The summed E-state index contributed by atoms with van der Waals surface area (Å²) in [7, 11) is 0. The number of rotatable bonds is 3. The summed E-state index contributed by atoms with van der Waals surface area (Å²) in [5.74, 6) is -0.784.